The van der Waals surface area contributed by atoms with E-state index in [-0.39, 0.29) is 12.6 Å². The molecule has 12 heavy (non-hydrogen) atoms. The van der Waals surface area contributed by atoms with E-state index in [9.17, 15) is 5.11 Å². The van der Waals surface area contributed by atoms with Crippen molar-refractivity contribution in [3.8, 4) is 0 Å². The number of likely N-dealkylation sites (N-methyl/N-ethyl adjacent to an activating group) is 1. The Balaban J connectivity index is 2.53. The number of ether oxygens (including phenoxy) is 1. The van der Waals surface area contributed by atoms with E-state index in [0.717, 1.165) is 0 Å². The molecule has 1 heterocycles. The first kappa shape index (κ1) is 9.99. The summed E-state index contributed by atoms with van der Waals surface area (Å²) in [4.78, 5) is 0. The zero-order valence-electron chi connectivity index (χ0n) is 7.10. The fourth-order valence-electron chi connectivity index (χ4n) is 1.44. The molecule has 68 valence electrons. The number of aliphatic hydroxyl groups excluding tert-OH is 2. The summed E-state index contributed by atoms with van der Waals surface area (Å²) in [5.74, 6) is 0. The average molecular weight is 171 g/mol. The highest BCUT2D eigenvalue weighted by atomic mass is 16.5. The van der Waals surface area contributed by atoms with Gasteiger partial charge in [0.1, 0.15) is 7.85 Å². The highest BCUT2D eigenvalue weighted by Crippen LogP contribution is 2.18. The van der Waals surface area contributed by atoms with E-state index in [1.807, 2.05) is 6.92 Å². The van der Waals surface area contributed by atoms with Crippen LogP contribution in [0.25, 0.3) is 0 Å². The lowest BCUT2D eigenvalue weighted by molar-refractivity contribution is 0.0274. The molecule has 0 spiro atoms. The Morgan fingerprint density at radius 2 is 2.25 bits per heavy atom. The van der Waals surface area contributed by atoms with Crippen molar-refractivity contribution in [2.75, 3.05) is 13.2 Å². The zero-order chi connectivity index (χ0) is 9.14. The maximum atomic E-state index is 9.47. The number of nitrogens with one attached hydrogen (secondary N) is 1. The second-order valence-corrected chi connectivity index (χ2v) is 2.90. The van der Waals surface area contributed by atoms with Gasteiger partial charge in [-0.25, -0.2) is 0 Å². The SMILES string of the molecule is [B][C@@H]1O[C@H](CO)C(NCC)[C@@H]1O. The zero-order valence-corrected chi connectivity index (χ0v) is 7.10. The Labute approximate surface area is 73.3 Å². The van der Waals surface area contributed by atoms with Crippen LogP contribution < -0.4 is 5.32 Å². The molecule has 0 aromatic heterocycles. The van der Waals surface area contributed by atoms with Crippen LogP contribution in [0, 0.1) is 0 Å². The summed E-state index contributed by atoms with van der Waals surface area (Å²) in [5.41, 5.74) is 0. The molecule has 4 nitrogen and oxygen atoms in total. The summed E-state index contributed by atoms with van der Waals surface area (Å²) in [5, 5.41) is 21.3. The van der Waals surface area contributed by atoms with Crippen LogP contribution in [-0.4, -0.2) is 55.5 Å². The maximum absolute atomic E-state index is 9.47. The van der Waals surface area contributed by atoms with Crippen LogP contribution in [0.3, 0.4) is 0 Å². The molecule has 1 aliphatic rings. The normalized spacial score (nSPS) is 41.9. The molecule has 0 amide bonds. The van der Waals surface area contributed by atoms with Gasteiger partial charge in [-0.1, -0.05) is 6.92 Å². The Hall–Kier alpha value is -0.0951. The molecule has 0 bridgehead atoms. The Kier molecular flexibility index (Phi) is 3.52. The van der Waals surface area contributed by atoms with Crippen LogP contribution in [-0.2, 0) is 4.74 Å². The summed E-state index contributed by atoms with van der Waals surface area (Å²) in [6, 6.07) is -0.943. The fraction of sp³-hybridized carbons (Fsp3) is 1.00. The van der Waals surface area contributed by atoms with Crippen molar-refractivity contribution in [1.29, 1.82) is 0 Å². The van der Waals surface area contributed by atoms with Gasteiger partial charge in [0.2, 0.25) is 0 Å². The van der Waals surface area contributed by atoms with E-state index >= 15 is 0 Å². The molecule has 0 saturated carbocycles. The summed E-state index contributed by atoms with van der Waals surface area (Å²) in [7, 11) is 5.44. The third-order valence-corrected chi connectivity index (χ3v) is 2.06. The highest BCUT2D eigenvalue weighted by molar-refractivity contribution is 6.11. The Morgan fingerprint density at radius 1 is 1.58 bits per heavy atom. The van der Waals surface area contributed by atoms with E-state index in [0.29, 0.717) is 6.54 Å². The van der Waals surface area contributed by atoms with E-state index < -0.39 is 18.2 Å². The van der Waals surface area contributed by atoms with Crippen LogP contribution in [0.15, 0.2) is 0 Å². The second kappa shape index (κ2) is 4.23. The Bertz CT molecular complexity index is 147. The van der Waals surface area contributed by atoms with Crippen molar-refractivity contribution >= 4 is 7.85 Å². The summed E-state index contributed by atoms with van der Waals surface area (Å²) in [6.45, 7) is 2.52. The maximum Gasteiger partial charge on any atom is 0.112 e. The van der Waals surface area contributed by atoms with E-state index in [4.69, 9.17) is 17.7 Å². The Morgan fingerprint density at radius 3 is 2.75 bits per heavy atom. The predicted molar refractivity (Wildman–Crippen MR) is 45.0 cm³/mol. The van der Waals surface area contributed by atoms with Crippen molar-refractivity contribution in [2.45, 2.75) is 31.2 Å². The molecular formula is C7H14BNO3. The molecule has 0 aromatic carbocycles. The molecule has 1 unspecified atom stereocenters. The largest absolute Gasteiger partial charge is 0.394 e. The van der Waals surface area contributed by atoms with E-state index in [2.05, 4.69) is 5.32 Å². The van der Waals surface area contributed by atoms with E-state index in [1.54, 1.807) is 0 Å². The van der Waals surface area contributed by atoms with Crippen LogP contribution in [0.2, 0.25) is 0 Å². The first-order valence-corrected chi connectivity index (χ1v) is 4.14. The number of rotatable bonds is 3. The van der Waals surface area contributed by atoms with Gasteiger partial charge < -0.3 is 20.3 Å². The van der Waals surface area contributed by atoms with Crippen LogP contribution >= 0.6 is 0 Å². The minimum Gasteiger partial charge on any atom is -0.394 e. The van der Waals surface area contributed by atoms with Gasteiger partial charge in [-0.15, -0.1) is 0 Å². The van der Waals surface area contributed by atoms with Crippen LogP contribution in [0.4, 0.5) is 0 Å². The molecule has 2 radical (unpaired) electrons. The van der Waals surface area contributed by atoms with Crippen molar-refractivity contribution in [2.24, 2.45) is 0 Å². The summed E-state index contributed by atoms with van der Waals surface area (Å²) >= 11 is 0. The van der Waals surface area contributed by atoms with Crippen LogP contribution in [0.5, 0.6) is 0 Å². The highest BCUT2D eigenvalue weighted by Gasteiger charge is 2.39. The quantitative estimate of drug-likeness (QED) is 0.439. The van der Waals surface area contributed by atoms with Gasteiger partial charge >= 0.3 is 0 Å². The molecule has 1 rings (SSSR count). The smallest absolute Gasteiger partial charge is 0.112 e. The first-order chi connectivity index (χ1) is 5.70. The van der Waals surface area contributed by atoms with Crippen molar-refractivity contribution in [1.82, 2.24) is 5.32 Å². The molecule has 1 aliphatic heterocycles. The molecular weight excluding hydrogens is 157 g/mol. The van der Waals surface area contributed by atoms with E-state index in [1.165, 1.54) is 0 Å². The molecule has 4 atom stereocenters. The summed E-state index contributed by atoms with van der Waals surface area (Å²) in [6.07, 6.45) is -1.13. The van der Waals surface area contributed by atoms with Gasteiger partial charge in [0.05, 0.1) is 24.9 Å². The standard InChI is InChI=1S/C7H14BNO3/c1-2-9-5-4(3-10)12-7(8)6(5)11/h4-7,9-11H,2-3H2,1H3/t4-,5?,6+,7-/m1/s1. The summed E-state index contributed by atoms with van der Waals surface area (Å²) < 4.78 is 5.10. The third kappa shape index (κ3) is 1.80. The molecule has 0 aliphatic carbocycles. The molecule has 0 aromatic rings. The minimum atomic E-state index is -0.734. The minimum absolute atomic E-state index is 0.123. The number of aliphatic hydroxyl groups is 2. The van der Waals surface area contributed by atoms with Gasteiger partial charge in [-0.2, -0.15) is 0 Å². The van der Waals surface area contributed by atoms with Gasteiger partial charge in [0.25, 0.3) is 0 Å². The van der Waals surface area contributed by atoms with Gasteiger partial charge in [0, 0.05) is 6.00 Å². The average Bonchev–Trinajstić information content (AvgIpc) is 2.33. The lowest BCUT2D eigenvalue weighted by Crippen LogP contribution is -2.45. The lowest BCUT2D eigenvalue weighted by atomic mass is 9.92. The second-order valence-electron chi connectivity index (χ2n) is 2.90. The molecule has 3 N–H and O–H groups in total. The molecule has 5 heteroatoms. The molecule has 1 fully saturated rings. The first-order valence-electron chi connectivity index (χ1n) is 4.14. The van der Waals surface area contributed by atoms with Crippen molar-refractivity contribution in [3.63, 3.8) is 0 Å². The fourth-order valence-corrected chi connectivity index (χ4v) is 1.44. The lowest BCUT2D eigenvalue weighted by Gasteiger charge is -2.19. The topological polar surface area (TPSA) is 61.7 Å². The van der Waals surface area contributed by atoms with Crippen LogP contribution in [0.1, 0.15) is 6.92 Å². The van der Waals surface area contributed by atoms with Gasteiger partial charge in [-0.3, -0.25) is 0 Å². The van der Waals surface area contributed by atoms with Gasteiger partial charge in [-0.05, 0) is 6.54 Å². The predicted octanol–water partition coefficient (Wildman–Crippen LogP) is -1.79. The van der Waals surface area contributed by atoms with Crippen molar-refractivity contribution < 1.29 is 14.9 Å². The van der Waals surface area contributed by atoms with Crippen molar-refractivity contribution in [3.05, 3.63) is 0 Å². The third-order valence-electron chi connectivity index (χ3n) is 2.06. The number of hydrogen-bond acceptors (Lipinski definition) is 4. The molecule has 1 saturated heterocycles. The number of hydrogen-bond donors (Lipinski definition) is 3. The monoisotopic (exact) mass is 171 g/mol. The van der Waals surface area contributed by atoms with Gasteiger partial charge in [0.15, 0.2) is 0 Å².